The lowest BCUT2D eigenvalue weighted by Gasteiger charge is -2.40. The van der Waals surface area contributed by atoms with Gasteiger partial charge in [-0.2, -0.15) is 0 Å². The Morgan fingerprint density at radius 2 is 1.71 bits per heavy atom. The minimum absolute atomic E-state index is 0.290. The van der Waals surface area contributed by atoms with Gasteiger partial charge in [0.25, 0.3) is 0 Å². The predicted octanol–water partition coefficient (Wildman–Crippen LogP) is 7.71. The SMILES string of the molecule is CCc1cccc(CC)c1-c1nc(C)c(CN(C)[C@H]2CCCc3ccccc32)c(N2CCCC(C)(C)C2)n1. The van der Waals surface area contributed by atoms with Crippen LogP contribution in [0.25, 0.3) is 11.4 Å². The number of anilines is 1. The summed E-state index contributed by atoms with van der Waals surface area (Å²) >= 11 is 0. The van der Waals surface area contributed by atoms with Crippen molar-refractivity contribution in [3.05, 3.63) is 76.0 Å². The zero-order chi connectivity index (χ0) is 26.9. The molecule has 202 valence electrons. The highest BCUT2D eigenvalue weighted by atomic mass is 15.2. The lowest BCUT2D eigenvalue weighted by Crippen LogP contribution is -2.41. The monoisotopic (exact) mass is 510 g/mol. The van der Waals surface area contributed by atoms with Gasteiger partial charge in [-0.15, -0.1) is 0 Å². The lowest BCUT2D eigenvalue weighted by molar-refractivity contribution is 0.212. The van der Waals surface area contributed by atoms with Crippen LogP contribution in [0.15, 0.2) is 42.5 Å². The first kappa shape index (κ1) is 26.9. The van der Waals surface area contributed by atoms with Crippen LogP contribution < -0.4 is 4.90 Å². The van der Waals surface area contributed by atoms with Gasteiger partial charge >= 0.3 is 0 Å². The van der Waals surface area contributed by atoms with E-state index in [0.717, 1.165) is 49.8 Å². The van der Waals surface area contributed by atoms with E-state index in [1.807, 2.05) is 0 Å². The summed E-state index contributed by atoms with van der Waals surface area (Å²) in [4.78, 5) is 15.8. The summed E-state index contributed by atoms with van der Waals surface area (Å²) in [7, 11) is 2.30. The number of aryl methyl sites for hydroxylation is 4. The molecule has 1 aliphatic carbocycles. The Kier molecular flexibility index (Phi) is 7.90. The van der Waals surface area contributed by atoms with Crippen LogP contribution in [-0.4, -0.2) is 35.0 Å². The second-order valence-corrected chi connectivity index (χ2v) is 12.3. The van der Waals surface area contributed by atoms with E-state index in [1.165, 1.54) is 65.5 Å². The third kappa shape index (κ3) is 5.38. The zero-order valence-electron chi connectivity index (χ0n) is 24.5. The van der Waals surface area contributed by atoms with Crippen LogP contribution in [0.2, 0.25) is 0 Å². The van der Waals surface area contributed by atoms with Gasteiger partial charge in [-0.05, 0) is 86.6 Å². The van der Waals surface area contributed by atoms with Gasteiger partial charge in [0.2, 0.25) is 0 Å². The second kappa shape index (κ2) is 11.2. The molecule has 1 aromatic heterocycles. The maximum absolute atomic E-state index is 5.44. The number of nitrogens with zero attached hydrogens (tertiary/aromatic N) is 4. The van der Waals surface area contributed by atoms with E-state index in [4.69, 9.17) is 9.97 Å². The quantitative estimate of drug-likeness (QED) is 0.326. The van der Waals surface area contributed by atoms with Gasteiger partial charge in [-0.25, -0.2) is 9.97 Å². The largest absolute Gasteiger partial charge is 0.356 e. The summed E-state index contributed by atoms with van der Waals surface area (Å²) in [5, 5.41) is 0. The number of benzene rings is 2. The summed E-state index contributed by atoms with van der Waals surface area (Å²) in [6, 6.07) is 16.2. The highest BCUT2D eigenvalue weighted by Crippen LogP contribution is 2.38. The maximum Gasteiger partial charge on any atom is 0.162 e. The molecule has 0 radical (unpaired) electrons. The molecule has 0 unspecified atom stereocenters. The molecule has 4 heteroatoms. The molecule has 0 saturated carbocycles. The van der Waals surface area contributed by atoms with Crippen LogP contribution in [0.3, 0.4) is 0 Å². The molecule has 2 aliphatic rings. The highest BCUT2D eigenvalue weighted by molar-refractivity contribution is 5.68. The molecular formula is C34H46N4. The fourth-order valence-electron chi connectivity index (χ4n) is 6.82. The van der Waals surface area contributed by atoms with Crippen molar-refractivity contribution in [1.82, 2.24) is 14.9 Å². The number of fused-ring (bicyclic) bond motifs is 1. The van der Waals surface area contributed by atoms with Gasteiger partial charge in [0.15, 0.2) is 5.82 Å². The van der Waals surface area contributed by atoms with Crippen LogP contribution in [-0.2, 0) is 25.8 Å². The first-order valence-electron chi connectivity index (χ1n) is 14.8. The Morgan fingerprint density at radius 1 is 0.974 bits per heavy atom. The number of rotatable bonds is 7. The van der Waals surface area contributed by atoms with E-state index in [0.29, 0.717) is 11.5 Å². The van der Waals surface area contributed by atoms with E-state index in [9.17, 15) is 0 Å². The summed E-state index contributed by atoms with van der Waals surface area (Å²) in [6.45, 7) is 14.5. The molecule has 2 aromatic carbocycles. The van der Waals surface area contributed by atoms with E-state index in [2.05, 4.69) is 93.9 Å². The van der Waals surface area contributed by atoms with Gasteiger partial charge < -0.3 is 4.90 Å². The fraction of sp³-hybridized carbons (Fsp3) is 0.529. The third-order valence-electron chi connectivity index (χ3n) is 8.89. The van der Waals surface area contributed by atoms with Gasteiger partial charge in [0, 0.05) is 42.5 Å². The van der Waals surface area contributed by atoms with Crippen molar-refractivity contribution in [2.75, 3.05) is 25.0 Å². The fourth-order valence-corrected chi connectivity index (χ4v) is 6.82. The lowest BCUT2D eigenvalue weighted by atomic mass is 9.84. The first-order chi connectivity index (χ1) is 18.3. The summed E-state index contributed by atoms with van der Waals surface area (Å²) in [5.41, 5.74) is 9.66. The average molecular weight is 511 g/mol. The summed E-state index contributed by atoms with van der Waals surface area (Å²) in [5.74, 6) is 2.06. The van der Waals surface area contributed by atoms with Crippen molar-refractivity contribution in [1.29, 1.82) is 0 Å². The Bertz CT molecular complexity index is 1260. The van der Waals surface area contributed by atoms with Crippen LogP contribution in [0.5, 0.6) is 0 Å². The highest BCUT2D eigenvalue weighted by Gasteiger charge is 2.31. The number of hydrogen-bond acceptors (Lipinski definition) is 4. The summed E-state index contributed by atoms with van der Waals surface area (Å²) < 4.78 is 0. The minimum atomic E-state index is 0.290. The molecule has 0 bridgehead atoms. The predicted molar refractivity (Wildman–Crippen MR) is 160 cm³/mol. The third-order valence-corrected chi connectivity index (χ3v) is 8.89. The molecule has 0 amide bonds. The first-order valence-corrected chi connectivity index (χ1v) is 14.8. The van der Waals surface area contributed by atoms with Gasteiger partial charge in [0.1, 0.15) is 5.82 Å². The van der Waals surface area contributed by atoms with Crippen LogP contribution in [0, 0.1) is 12.3 Å². The Balaban J connectivity index is 1.59. The molecule has 5 rings (SSSR count). The molecule has 1 fully saturated rings. The van der Waals surface area contributed by atoms with E-state index in [-0.39, 0.29) is 0 Å². The van der Waals surface area contributed by atoms with Gasteiger partial charge in [-0.1, -0.05) is 70.2 Å². The van der Waals surface area contributed by atoms with E-state index < -0.39 is 0 Å². The minimum Gasteiger partial charge on any atom is -0.356 e. The normalized spacial score (nSPS) is 19.0. The van der Waals surface area contributed by atoms with Crippen molar-refractivity contribution in [3.8, 4) is 11.4 Å². The van der Waals surface area contributed by atoms with Crippen LogP contribution in [0.4, 0.5) is 5.82 Å². The Hall–Kier alpha value is -2.72. The van der Waals surface area contributed by atoms with Crippen molar-refractivity contribution < 1.29 is 0 Å². The van der Waals surface area contributed by atoms with Crippen molar-refractivity contribution in [2.24, 2.45) is 5.41 Å². The maximum atomic E-state index is 5.44. The molecule has 2 heterocycles. The van der Waals surface area contributed by atoms with E-state index >= 15 is 0 Å². The average Bonchev–Trinajstić information content (AvgIpc) is 2.92. The van der Waals surface area contributed by atoms with Crippen molar-refractivity contribution in [3.63, 3.8) is 0 Å². The van der Waals surface area contributed by atoms with Crippen molar-refractivity contribution in [2.45, 2.75) is 92.2 Å². The topological polar surface area (TPSA) is 32.3 Å². The zero-order valence-corrected chi connectivity index (χ0v) is 24.5. The molecule has 0 spiro atoms. The molecule has 4 nitrogen and oxygen atoms in total. The van der Waals surface area contributed by atoms with Crippen LogP contribution >= 0.6 is 0 Å². The molecule has 38 heavy (non-hydrogen) atoms. The van der Waals surface area contributed by atoms with Gasteiger partial charge in [-0.3, -0.25) is 4.90 Å². The molecule has 3 aromatic rings. The molecule has 1 aliphatic heterocycles. The standard InChI is InChI=1S/C34H46N4/c1-7-25-15-11-16-26(8-2)31(25)32-35-24(3)29(33(36-32)38-21-13-20-34(4,5)23-38)22-37(6)30-19-12-17-27-14-9-10-18-28(27)30/h9-11,14-16,18,30H,7-8,12-13,17,19-23H2,1-6H3/t30-/m0/s1. The summed E-state index contributed by atoms with van der Waals surface area (Å²) in [6.07, 6.45) is 8.12. The van der Waals surface area contributed by atoms with E-state index in [1.54, 1.807) is 0 Å². The number of hydrogen-bond donors (Lipinski definition) is 0. The van der Waals surface area contributed by atoms with Crippen molar-refractivity contribution >= 4 is 5.82 Å². The molecule has 0 N–H and O–H groups in total. The van der Waals surface area contributed by atoms with Gasteiger partial charge in [0.05, 0.1) is 0 Å². The Morgan fingerprint density at radius 3 is 2.42 bits per heavy atom. The van der Waals surface area contributed by atoms with Crippen LogP contribution in [0.1, 0.15) is 92.9 Å². The molecule has 1 atom stereocenters. The molecular weight excluding hydrogens is 464 g/mol. The Labute approximate surface area is 230 Å². The number of aromatic nitrogens is 2. The molecule has 1 saturated heterocycles. The smallest absolute Gasteiger partial charge is 0.162 e. The number of piperidine rings is 1. The second-order valence-electron chi connectivity index (χ2n) is 12.3.